The Hall–Kier alpha value is -3.41. The topological polar surface area (TPSA) is 79.0 Å². The van der Waals surface area contributed by atoms with Gasteiger partial charge in [0.15, 0.2) is 0 Å². The molecule has 6 heteroatoms. The fourth-order valence-corrected chi connectivity index (χ4v) is 2.50. The molecule has 0 aliphatic heterocycles. The fourth-order valence-electron chi connectivity index (χ4n) is 2.50. The number of fused-ring (bicyclic) bond motifs is 2. The molecule has 0 saturated heterocycles. The van der Waals surface area contributed by atoms with Crippen LogP contribution in [0.2, 0.25) is 0 Å². The first kappa shape index (κ1) is 13.3. The summed E-state index contributed by atoms with van der Waals surface area (Å²) in [5, 5.41) is 0. The van der Waals surface area contributed by atoms with E-state index in [0.29, 0.717) is 16.7 Å². The lowest BCUT2D eigenvalue weighted by Gasteiger charge is -2.00. The molecule has 0 aliphatic carbocycles. The zero-order valence-corrected chi connectivity index (χ0v) is 11.8. The molecular formula is C17H10N3O3+. The lowest BCUT2D eigenvalue weighted by atomic mass is 10.1. The van der Waals surface area contributed by atoms with Crippen molar-refractivity contribution in [2.45, 2.75) is 0 Å². The summed E-state index contributed by atoms with van der Waals surface area (Å²) in [5.41, 5.74) is 1.74. The molecule has 0 unspecified atom stereocenters. The maximum atomic E-state index is 12.7. The Morgan fingerprint density at radius 2 is 1.83 bits per heavy atom. The van der Waals surface area contributed by atoms with E-state index in [4.69, 9.17) is 4.42 Å². The van der Waals surface area contributed by atoms with Gasteiger partial charge in [0.1, 0.15) is 11.3 Å². The molecule has 6 nitrogen and oxygen atoms in total. The first-order valence-electron chi connectivity index (χ1n) is 6.93. The number of nitrogens with zero attached hydrogens (tertiary/aromatic N) is 3. The molecule has 0 bridgehead atoms. The molecule has 4 aromatic rings. The first-order valence-corrected chi connectivity index (χ1v) is 6.93. The smallest absolute Gasteiger partial charge is 0.317 e. The van der Waals surface area contributed by atoms with Gasteiger partial charge in [-0.2, -0.15) is 0 Å². The quantitative estimate of drug-likeness (QED) is 0.323. The van der Waals surface area contributed by atoms with Crippen LogP contribution in [0.4, 0.5) is 0 Å². The van der Waals surface area contributed by atoms with Gasteiger partial charge < -0.3 is 4.42 Å². The number of ketones is 1. The van der Waals surface area contributed by atoms with Gasteiger partial charge in [-0.3, -0.25) is 9.78 Å². The van der Waals surface area contributed by atoms with Crippen LogP contribution in [0.25, 0.3) is 22.2 Å². The summed E-state index contributed by atoms with van der Waals surface area (Å²) in [6.07, 6.45) is 4.29. The molecule has 0 fully saturated rings. The third-order valence-corrected chi connectivity index (χ3v) is 3.55. The summed E-state index contributed by atoms with van der Waals surface area (Å²) in [5.74, 6) is -0.376. The van der Waals surface area contributed by atoms with Crippen molar-refractivity contribution in [2.24, 2.45) is 0 Å². The highest BCUT2D eigenvalue weighted by atomic mass is 16.3. The van der Waals surface area contributed by atoms with E-state index in [1.165, 1.54) is 18.6 Å². The molecule has 0 saturated carbocycles. The number of aromatic nitrogens is 3. The van der Waals surface area contributed by atoms with Gasteiger partial charge in [-0.15, -0.1) is 0 Å². The van der Waals surface area contributed by atoms with Gasteiger partial charge in [0.25, 0.3) is 0 Å². The van der Waals surface area contributed by atoms with Crippen molar-refractivity contribution >= 4 is 28.0 Å². The van der Waals surface area contributed by atoms with Gasteiger partial charge in [0.2, 0.25) is 16.9 Å². The average Bonchev–Trinajstić information content (AvgIpc) is 2.61. The normalized spacial score (nSPS) is 11.0. The van der Waals surface area contributed by atoms with Crippen molar-refractivity contribution in [3.05, 3.63) is 77.2 Å². The van der Waals surface area contributed by atoms with Gasteiger partial charge in [-0.25, -0.2) is 4.98 Å². The molecule has 23 heavy (non-hydrogen) atoms. The minimum Gasteiger partial charge on any atom is -0.443 e. The van der Waals surface area contributed by atoms with Crippen LogP contribution >= 0.6 is 0 Å². The van der Waals surface area contributed by atoms with Crippen LogP contribution in [0, 0.1) is 4.91 Å². The van der Waals surface area contributed by atoms with Gasteiger partial charge >= 0.3 is 11.0 Å². The second kappa shape index (κ2) is 5.10. The van der Waals surface area contributed by atoms with E-state index in [9.17, 15) is 9.70 Å². The van der Waals surface area contributed by atoms with Gasteiger partial charge in [0.05, 0.1) is 10.6 Å². The third kappa shape index (κ3) is 2.08. The SMILES string of the molecule is O=C(c1cnccn1)c1cccc2oc3ccccc3[n+](=O)c12. The number of hydrogen-bond acceptors (Lipinski definition) is 5. The molecule has 110 valence electrons. The zero-order valence-electron chi connectivity index (χ0n) is 11.8. The van der Waals surface area contributed by atoms with Crippen molar-refractivity contribution in [1.82, 2.24) is 9.97 Å². The summed E-state index contributed by atoms with van der Waals surface area (Å²) in [4.78, 5) is 33.3. The lowest BCUT2D eigenvalue weighted by Crippen LogP contribution is -2.20. The van der Waals surface area contributed by atoms with Crippen LogP contribution in [-0.4, -0.2) is 15.8 Å². The van der Waals surface area contributed by atoms with E-state index in [0.717, 1.165) is 4.43 Å². The average molecular weight is 304 g/mol. The van der Waals surface area contributed by atoms with E-state index in [2.05, 4.69) is 9.97 Å². The summed E-state index contributed by atoms with van der Waals surface area (Å²) < 4.78 is 6.46. The third-order valence-electron chi connectivity index (χ3n) is 3.55. The molecule has 2 aromatic carbocycles. The fraction of sp³-hybridized carbons (Fsp3) is 0. The Morgan fingerprint density at radius 3 is 2.65 bits per heavy atom. The van der Waals surface area contributed by atoms with E-state index < -0.39 is 0 Å². The van der Waals surface area contributed by atoms with E-state index in [1.54, 1.807) is 42.5 Å². The summed E-state index contributed by atoms with van der Waals surface area (Å²) in [7, 11) is 0. The molecule has 0 aliphatic rings. The van der Waals surface area contributed by atoms with Gasteiger partial charge in [-0.05, 0) is 18.2 Å². The minimum atomic E-state index is -0.376. The van der Waals surface area contributed by atoms with E-state index >= 15 is 0 Å². The maximum absolute atomic E-state index is 12.7. The zero-order chi connectivity index (χ0) is 15.8. The van der Waals surface area contributed by atoms with Gasteiger partial charge in [-0.1, -0.05) is 18.2 Å². The van der Waals surface area contributed by atoms with E-state index in [-0.39, 0.29) is 22.6 Å². The minimum absolute atomic E-state index is 0.174. The molecule has 0 N–H and O–H groups in total. The maximum Gasteiger partial charge on any atom is 0.317 e. The molecule has 2 heterocycles. The second-order valence-corrected chi connectivity index (χ2v) is 4.94. The Kier molecular flexibility index (Phi) is 2.94. The van der Waals surface area contributed by atoms with Crippen LogP contribution in [0.5, 0.6) is 0 Å². The lowest BCUT2D eigenvalue weighted by molar-refractivity contribution is -0.433. The Morgan fingerprint density at radius 1 is 1.00 bits per heavy atom. The predicted octanol–water partition coefficient (Wildman–Crippen LogP) is 2.52. The highest BCUT2D eigenvalue weighted by Crippen LogP contribution is 2.21. The van der Waals surface area contributed by atoms with Crippen LogP contribution < -0.4 is 4.43 Å². The molecule has 0 amide bonds. The Labute approximate surface area is 129 Å². The summed E-state index contributed by atoms with van der Waals surface area (Å²) in [6.45, 7) is 0. The van der Waals surface area contributed by atoms with Crippen molar-refractivity contribution in [1.29, 1.82) is 0 Å². The van der Waals surface area contributed by atoms with Crippen LogP contribution in [0.15, 0.2) is 65.5 Å². The number of benzene rings is 2. The first-order chi connectivity index (χ1) is 11.3. The number of carbonyl (C=O) groups is 1. The number of hydrogen-bond donors (Lipinski definition) is 0. The predicted molar refractivity (Wildman–Crippen MR) is 82.6 cm³/mol. The monoisotopic (exact) mass is 304 g/mol. The standard InChI is InChI=1S/C17H10N3O3/c21-17(12-10-18-8-9-19-12)11-4-3-7-15-16(11)20(22)13-5-1-2-6-14(13)23-15/h1-10H/q+1. The van der Waals surface area contributed by atoms with Crippen LogP contribution in [0.3, 0.4) is 0 Å². The Bertz CT molecular complexity index is 1100. The Balaban J connectivity index is 2.07. The molecule has 4 rings (SSSR count). The van der Waals surface area contributed by atoms with Crippen molar-refractivity contribution in [2.75, 3.05) is 0 Å². The second-order valence-electron chi connectivity index (χ2n) is 4.94. The highest BCUT2D eigenvalue weighted by Gasteiger charge is 2.24. The number of carbonyl (C=O) groups excluding carboxylic acids is 1. The molecular weight excluding hydrogens is 294 g/mol. The summed E-state index contributed by atoms with van der Waals surface area (Å²) >= 11 is 0. The van der Waals surface area contributed by atoms with Crippen molar-refractivity contribution in [3.63, 3.8) is 0 Å². The van der Waals surface area contributed by atoms with Crippen molar-refractivity contribution in [3.8, 4) is 0 Å². The number of para-hydroxylation sites is 3. The molecule has 2 aromatic heterocycles. The molecule has 0 radical (unpaired) electrons. The van der Waals surface area contributed by atoms with Crippen LogP contribution in [-0.2, 0) is 0 Å². The highest BCUT2D eigenvalue weighted by molar-refractivity contribution is 6.13. The van der Waals surface area contributed by atoms with Crippen LogP contribution in [0.1, 0.15) is 16.1 Å². The largest absolute Gasteiger partial charge is 0.443 e. The molecule has 0 spiro atoms. The molecule has 0 atom stereocenters. The number of rotatable bonds is 2. The van der Waals surface area contributed by atoms with Crippen molar-refractivity contribution < 1.29 is 13.6 Å². The van der Waals surface area contributed by atoms with E-state index in [1.807, 2.05) is 0 Å². The summed E-state index contributed by atoms with van der Waals surface area (Å²) in [6, 6.07) is 11.8. The van der Waals surface area contributed by atoms with Gasteiger partial charge in [0, 0.05) is 23.4 Å².